The van der Waals surface area contributed by atoms with E-state index in [-0.39, 0.29) is 11.3 Å². The molecule has 0 radical (unpaired) electrons. The summed E-state index contributed by atoms with van der Waals surface area (Å²) in [6.07, 6.45) is 0. The number of carbonyl (C=O) groups excluding carboxylic acids is 3. The number of amides is 1. The zero-order chi connectivity index (χ0) is 18.9. The molecule has 0 saturated carbocycles. The minimum atomic E-state index is -1.23. The molecule has 0 bridgehead atoms. The molecular formula is C18H21NO6. The summed E-state index contributed by atoms with van der Waals surface area (Å²) >= 11 is 0. The second kappa shape index (κ2) is 6.58. The molecule has 1 aromatic rings. The summed E-state index contributed by atoms with van der Waals surface area (Å²) in [5, 5.41) is 0. The van der Waals surface area contributed by atoms with Gasteiger partial charge in [-0.1, -0.05) is 0 Å². The van der Waals surface area contributed by atoms with Crippen molar-refractivity contribution in [2.24, 2.45) is 5.41 Å². The highest BCUT2D eigenvalue weighted by atomic mass is 16.5. The van der Waals surface area contributed by atoms with Gasteiger partial charge in [0.1, 0.15) is 11.4 Å². The first-order chi connectivity index (χ1) is 11.7. The molecule has 0 unspecified atom stereocenters. The standard InChI is InChI=1S/C18H21NO6/c1-10-9-11(23-4)7-8-12(10)19-14(16(21)25-6)13(15(20)24-5)18(2,3)17(19)22/h7-9H,1-6H3. The quantitative estimate of drug-likeness (QED) is 0.775. The van der Waals surface area contributed by atoms with E-state index < -0.39 is 23.3 Å². The summed E-state index contributed by atoms with van der Waals surface area (Å²) in [5.41, 5.74) is -0.211. The summed E-state index contributed by atoms with van der Waals surface area (Å²) in [6, 6.07) is 5.07. The second-order valence-corrected chi connectivity index (χ2v) is 6.12. The minimum absolute atomic E-state index is 0.0259. The third kappa shape index (κ3) is 2.86. The normalized spacial score (nSPS) is 16.1. The first-order valence-electron chi connectivity index (χ1n) is 7.61. The van der Waals surface area contributed by atoms with Crippen LogP contribution in [0.5, 0.6) is 5.75 Å². The van der Waals surface area contributed by atoms with Crippen LogP contribution in [0.15, 0.2) is 29.5 Å². The van der Waals surface area contributed by atoms with E-state index in [0.29, 0.717) is 17.0 Å². The van der Waals surface area contributed by atoms with E-state index in [1.54, 1.807) is 39.0 Å². The van der Waals surface area contributed by atoms with E-state index >= 15 is 0 Å². The topological polar surface area (TPSA) is 82.1 Å². The van der Waals surface area contributed by atoms with Crippen molar-refractivity contribution in [1.29, 1.82) is 0 Å². The lowest BCUT2D eigenvalue weighted by Crippen LogP contribution is -2.35. The number of rotatable bonds is 4. The zero-order valence-corrected chi connectivity index (χ0v) is 15.1. The fraction of sp³-hybridized carbons (Fsp3) is 0.389. The smallest absolute Gasteiger partial charge is 0.355 e. The number of hydrogen-bond acceptors (Lipinski definition) is 6. The molecule has 0 aliphatic carbocycles. The first-order valence-corrected chi connectivity index (χ1v) is 7.61. The largest absolute Gasteiger partial charge is 0.497 e. The zero-order valence-electron chi connectivity index (χ0n) is 15.1. The highest BCUT2D eigenvalue weighted by Crippen LogP contribution is 2.44. The molecule has 0 spiro atoms. The van der Waals surface area contributed by atoms with Gasteiger partial charge in [-0.05, 0) is 44.5 Å². The van der Waals surface area contributed by atoms with Crippen molar-refractivity contribution < 1.29 is 28.6 Å². The third-order valence-corrected chi connectivity index (χ3v) is 4.24. The molecule has 2 rings (SSSR count). The Bertz CT molecular complexity index is 778. The number of nitrogens with zero attached hydrogens (tertiary/aromatic N) is 1. The molecule has 1 amide bonds. The molecular weight excluding hydrogens is 326 g/mol. The molecule has 0 atom stereocenters. The third-order valence-electron chi connectivity index (χ3n) is 4.24. The summed E-state index contributed by atoms with van der Waals surface area (Å²) in [4.78, 5) is 38.9. The van der Waals surface area contributed by atoms with Crippen molar-refractivity contribution in [2.75, 3.05) is 26.2 Å². The number of anilines is 1. The average Bonchev–Trinajstić information content (AvgIpc) is 2.80. The minimum Gasteiger partial charge on any atom is -0.497 e. The van der Waals surface area contributed by atoms with Crippen molar-refractivity contribution in [3.63, 3.8) is 0 Å². The molecule has 134 valence electrons. The predicted octanol–water partition coefficient (Wildman–Crippen LogP) is 1.98. The average molecular weight is 347 g/mol. The number of methoxy groups -OCH3 is 3. The van der Waals surface area contributed by atoms with Gasteiger partial charge in [-0.15, -0.1) is 0 Å². The number of aryl methyl sites for hydroxylation is 1. The number of carbonyl (C=O) groups is 3. The molecule has 1 aliphatic heterocycles. The van der Waals surface area contributed by atoms with E-state index in [1.165, 1.54) is 26.2 Å². The van der Waals surface area contributed by atoms with Gasteiger partial charge in [0.05, 0.1) is 38.0 Å². The van der Waals surface area contributed by atoms with Crippen LogP contribution in [0.4, 0.5) is 5.69 Å². The lowest BCUT2D eigenvalue weighted by Gasteiger charge is -2.24. The van der Waals surface area contributed by atoms with Gasteiger partial charge in [0.2, 0.25) is 5.91 Å². The van der Waals surface area contributed by atoms with Gasteiger partial charge >= 0.3 is 11.9 Å². The van der Waals surface area contributed by atoms with Crippen LogP contribution >= 0.6 is 0 Å². The Balaban J connectivity index is 2.75. The van der Waals surface area contributed by atoms with Gasteiger partial charge in [0.15, 0.2) is 0 Å². The second-order valence-electron chi connectivity index (χ2n) is 6.12. The molecule has 7 nitrogen and oxygen atoms in total. The number of ether oxygens (including phenoxy) is 3. The van der Waals surface area contributed by atoms with Crippen LogP contribution in [0.1, 0.15) is 19.4 Å². The van der Waals surface area contributed by atoms with Crippen LogP contribution in [0.25, 0.3) is 0 Å². The maximum absolute atomic E-state index is 13.0. The monoisotopic (exact) mass is 347 g/mol. The highest BCUT2D eigenvalue weighted by Gasteiger charge is 2.52. The van der Waals surface area contributed by atoms with Crippen molar-refractivity contribution in [3.8, 4) is 5.75 Å². The lowest BCUT2D eigenvalue weighted by atomic mass is 9.85. The molecule has 1 aromatic carbocycles. The van der Waals surface area contributed by atoms with Gasteiger partial charge in [-0.3, -0.25) is 9.69 Å². The van der Waals surface area contributed by atoms with Crippen LogP contribution in [-0.2, 0) is 23.9 Å². The Morgan fingerprint density at radius 2 is 1.64 bits per heavy atom. The predicted molar refractivity (Wildman–Crippen MR) is 90.1 cm³/mol. The van der Waals surface area contributed by atoms with Crippen molar-refractivity contribution in [3.05, 3.63) is 35.0 Å². The lowest BCUT2D eigenvalue weighted by molar-refractivity contribution is -0.140. The Morgan fingerprint density at radius 1 is 1.04 bits per heavy atom. The number of esters is 2. The highest BCUT2D eigenvalue weighted by molar-refractivity contribution is 6.21. The Kier molecular flexibility index (Phi) is 4.87. The van der Waals surface area contributed by atoms with E-state index in [1.807, 2.05) is 0 Å². The molecule has 0 N–H and O–H groups in total. The van der Waals surface area contributed by atoms with Crippen LogP contribution in [-0.4, -0.2) is 39.2 Å². The Hall–Kier alpha value is -2.83. The maximum atomic E-state index is 13.0. The Labute approximate surface area is 146 Å². The first kappa shape index (κ1) is 18.5. The summed E-state index contributed by atoms with van der Waals surface area (Å²) in [5.74, 6) is -1.33. The molecule has 0 fully saturated rings. The molecule has 0 saturated heterocycles. The summed E-state index contributed by atoms with van der Waals surface area (Å²) in [7, 11) is 3.93. The SMILES string of the molecule is COC(=O)C1=C(C(=O)OC)C(C)(C)C(=O)N1c1ccc(OC)cc1C. The van der Waals surface area contributed by atoms with Crippen LogP contribution in [0, 0.1) is 12.3 Å². The maximum Gasteiger partial charge on any atom is 0.355 e. The Morgan fingerprint density at radius 3 is 2.12 bits per heavy atom. The van der Waals surface area contributed by atoms with Crippen LogP contribution in [0.2, 0.25) is 0 Å². The van der Waals surface area contributed by atoms with Gasteiger partial charge in [-0.2, -0.15) is 0 Å². The van der Waals surface area contributed by atoms with Crippen molar-refractivity contribution in [2.45, 2.75) is 20.8 Å². The van der Waals surface area contributed by atoms with Gasteiger partial charge in [0.25, 0.3) is 0 Å². The fourth-order valence-electron chi connectivity index (χ4n) is 2.88. The van der Waals surface area contributed by atoms with E-state index in [2.05, 4.69) is 0 Å². The van der Waals surface area contributed by atoms with Gasteiger partial charge in [-0.25, -0.2) is 9.59 Å². The van der Waals surface area contributed by atoms with Gasteiger partial charge in [0, 0.05) is 0 Å². The van der Waals surface area contributed by atoms with E-state index in [4.69, 9.17) is 14.2 Å². The summed E-state index contributed by atoms with van der Waals surface area (Å²) < 4.78 is 14.8. The van der Waals surface area contributed by atoms with Crippen LogP contribution in [0.3, 0.4) is 0 Å². The van der Waals surface area contributed by atoms with Crippen molar-refractivity contribution in [1.82, 2.24) is 0 Å². The molecule has 7 heteroatoms. The fourth-order valence-corrected chi connectivity index (χ4v) is 2.88. The molecule has 1 heterocycles. The van der Waals surface area contributed by atoms with Crippen molar-refractivity contribution >= 4 is 23.5 Å². The van der Waals surface area contributed by atoms with E-state index in [9.17, 15) is 14.4 Å². The molecule has 25 heavy (non-hydrogen) atoms. The van der Waals surface area contributed by atoms with Crippen LogP contribution < -0.4 is 9.64 Å². The van der Waals surface area contributed by atoms with Gasteiger partial charge < -0.3 is 14.2 Å². The van der Waals surface area contributed by atoms with E-state index in [0.717, 1.165) is 0 Å². The summed E-state index contributed by atoms with van der Waals surface area (Å²) in [6.45, 7) is 4.93. The number of benzene rings is 1. The molecule has 0 aromatic heterocycles. The number of hydrogen-bond donors (Lipinski definition) is 0. The molecule has 1 aliphatic rings.